The molecule has 0 spiro atoms. The van der Waals surface area contributed by atoms with E-state index in [0.717, 1.165) is 12.0 Å². The van der Waals surface area contributed by atoms with E-state index in [-0.39, 0.29) is 11.2 Å². The van der Waals surface area contributed by atoms with Gasteiger partial charge in [0.25, 0.3) is 0 Å². The Bertz CT molecular complexity index is 837. The third-order valence-corrected chi connectivity index (χ3v) is 4.70. The Labute approximate surface area is 157 Å². The van der Waals surface area contributed by atoms with E-state index in [1.54, 1.807) is 6.92 Å². The molecule has 1 nitrogen and oxygen atoms in total. The first-order valence-electron chi connectivity index (χ1n) is 9.50. The van der Waals surface area contributed by atoms with Crippen LogP contribution in [0.25, 0.3) is 11.1 Å². The minimum absolute atomic E-state index is 0.113. The Hall–Kier alpha value is -2.37. The van der Waals surface area contributed by atoms with Gasteiger partial charge in [0, 0.05) is 16.7 Å². The van der Waals surface area contributed by atoms with E-state index in [9.17, 15) is 4.79 Å². The molecule has 26 heavy (non-hydrogen) atoms. The summed E-state index contributed by atoms with van der Waals surface area (Å²) >= 11 is 0. The number of hydrogen-bond donors (Lipinski definition) is 0. The summed E-state index contributed by atoms with van der Waals surface area (Å²) < 4.78 is 0. The minimum atomic E-state index is 0.113. The maximum Gasteiger partial charge on any atom is 0.159 e. The molecule has 1 heteroatoms. The van der Waals surface area contributed by atoms with Gasteiger partial charge in [-0.25, -0.2) is 0 Å². The van der Waals surface area contributed by atoms with E-state index in [4.69, 9.17) is 0 Å². The molecular weight excluding hydrogens is 316 g/mol. The zero-order chi connectivity index (χ0) is 18.7. The highest BCUT2D eigenvalue weighted by atomic mass is 16.1. The van der Waals surface area contributed by atoms with Gasteiger partial charge in [0.1, 0.15) is 0 Å². The lowest BCUT2D eigenvalue weighted by molar-refractivity contribution is 0.101. The first kappa shape index (κ1) is 18.4. The van der Waals surface area contributed by atoms with Crippen molar-refractivity contribution in [2.24, 2.45) is 11.3 Å². The molecule has 2 aromatic rings. The lowest BCUT2D eigenvalue weighted by Crippen LogP contribution is -2.05. The van der Waals surface area contributed by atoms with E-state index in [2.05, 4.69) is 69.0 Å². The van der Waals surface area contributed by atoms with Crippen LogP contribution in [0.2, 0.25) is 0 Å². The number of hydrogen-bond acceptors (Lipinski definition) is 1. The minimum Gasteiger partial charge on any atom is -0.295 e. The number of carbonyl (C=O) groups excluding carboxylic acids is 1. The topological polar surface area (TPSA) is 17.1 Å². The summed E-state index contributed by atoms with van der Waals surface area (Å²) in [5.74, 6) is 0.707. The average Bonchev–Trinajstić information content (AvgIpc) is 3.43. The Balaban J connectivity index is 2.11. The highest BCUT2D eigenvalue weighted by Crippen LogP contribution is 2.42. The van der Waals surface area contributed by atoms with Gasteiger partial charge in [0.05, 0.1) is 0 Å². The van der Waals surface area contributed by atoms with Gasteiger partial charge in [0.2, 0.25) is 0 Å². The van der Waals surface area contributed by atoms with Crippen LogP contribution in [0.5, 0.6) is 0 Å². The van der Waals surface area contributed by atoms with Crippen LogP contribution in [0.3, 0.4) is 0 Å². The lowest BCUT2D eigenvalue weighted by atomic mass is 9.85. The van der Waals surface area contributed by atoms with Crippen molar-refractivity contribution >= 4 is 16.9 Å². The van der Waals surface area contributed by atoms with Crippen molar-refractivity contribution in [2.75, 3.05) is 0 Å². The van der Waals surface area contributed by atoms with Gasteiger partial charge in [-0.15, -0.1) is 5.73 Å². The summed E-state index contributed by atoms with van der Waals surface area (Å²) in [5.41, 5.74) is 9.78. The molecule has 0 atom stereocenters. The molecule has 134 valence electrons. The van der Waals surface area contributed by atoms with Crippen molar-refractivity contribution in [3.05, 3.63) is 77.0 Å². The summed E-state index contributed by atoms with van der Waals surface area (Å²) in [6.45, 7) is 8.44. The number of Topliss-reactive ketones (excluding diaryl/α,β-unsaturated/α-hetero) is 1. The first-order chi connectivity index (χ1) is 12.3. The van der Waals surface area contributed by atoms with Gasteiger partial charge >= 0.3 is 0 Å². The van der Waals surface area contributed by atoms with Gasteiger partial charge in [0.15, 0.2) is 5.78 Å². The monoisotopic (exact) mass is 344 g/mol. The second-order valence-electron chi connectivity index (χ2n) is 8.53. The molecule has 0 unspecified atom stereocenters. The first-order valence-corrected chi connectivity index (χ1v) is 9.50. The number of allylic oxidation sites excluding steroid dienone is 1. The average molecular weight is 344 g/mol. The van der Waals surface area contributed by atoms with Crippen LogP contribution in [0.4, 0.5) is 0 Å². The maximum absolute atomic E-state index is 11.6. The Morgan fingerprint density at radius 2 is 1.50 bits per heavy atom. The van der Waals surface area contributed by atoms with Crippen LogP contribution in [0, 0.1) is 11.3 Å². The molecule has 0 aromatic heterocycles. The summed E-state index contributed by atoms with van der Waals surface area (Å²) in [6.07, 6.45) is 3.45. The summed E-state index contributed by atoms with van der Waals surface area (Å²) in [5, 5.41) is 0. The van der Waals surface area contributed by atoms with Crippen molar-refractivity contribution < 1.29 is 4.79 Å². The molecule has 3 rings (SSSR count). The van der Waals surface area contributed by atoms with Crippen molar-refractivity contribution in [3.63, 3.8) is 0 Å². The Kier molecular flexibility index (Phi) is 5.30. The van der Waals surface area contributed by atoms with E-state index in [1.165, 1.54) is 35.1 Å². The Morgan fingerprint density at radius 1 is 0.923 bits per heavy atom. The highest BCUT2D eigenvalue weighted by molar-refractivity contribution is 5.94. The second kappa shape index (κ2) is 7.48. The molecule has 0 aliphatic heterocycles. The van der Waals surface area contributed by atoms with Crippen molar-refractivity contribution in [1.82, 2.24) is 0 Å². The molecule has 1 aliphatic carbocycles. The predicted molar refractivity (Wildman–Crippen MR) is 110 cm³/mol. The lowest BCUT2D eigenvalue weighted by Gasteiger charge is -2.20. The van der Waals surface area contributed by atoms with Crippen molar-refractivity contribution in [3.8, 4) is 0 Å². The number of rotatable bonds is 5. The summed E-state index contributed by atoms with van der Waals surface area (Å²) in [7, 11) is 0. The smallest absolute Gasteiger partial charge is 0.159 e. The fourth-order valence-corrected chi connectivity index (χ4v) is 3.22. The van der Waals surface area contributed by atoms with Crippen molar-refractivity contribution in [2.45, 2.75) is 47.0 Å². The Morgan fingerprint density at radius 3 is 2.00 bits per heavy atom. The molecule has 0 bridgehead atoms. The maximum atomic E-state index is 11.6. The molecule has 0 amide bonds. The molecule has 1 saturated carbocycles. The quantitative estimate of drug-likeness (QED) is 0.430. The van der Waals surface area contributed by atoms with Gasteiger partial charge in [-0.2, -0.15) is 0 Å². The fraction of sp³-hybridized carbons (Fsp3) is 0.360. The van der Waals surface area contributed by atoms with Crippen LogP contribution >= 0.6 is 0 Å². The van der Waals surface area contributed by atoms with Crippen LogP contribution in [-0.2, 0) is 0 Å². The van der Waals surface area contributed by atoms with Crippen LogP contribution in [-0.4, -0.2) is 5.78 Å². The van der Waals surface area contributed by atoms with Gasteiger partial charge in [-0.1, -0.05) is 75.4 Å². The van der Waals surface area contributed by atoms with E-state index < -0.39 is 0 Å². The van der Waals surface area contributed by atoms with Gasteiger partial charge < -0.3 is 0 Å². The zero-order valence-electron chi connectivity index (χ0n) is 16.3. The third kappa shape index (κ3) is 4.84. The van der Waals surface area contributed by atoms with Gasteiger partial charge in [-0.05, 0) is 48.6 Å². The van der Waals surface area contributed by atoms with Crippen LogP contribution in [0.15, 0.2) is 60.3 Å². The van der Waals surface area contributed by atoms with Crippen LogP contribution < -0.4 is 0 Å². The molecule has 1 fully saturated rings. The highest BCUT2D eigenvalue weighted by Gasteiger charge is 2.27. The third-order valence-electron chi connectivity index (χ3n) is 4.70. The van der Waals surface area contributed by atoms with Crippen molar-refractivity contribution in [1.29, 1.82) is 0 Å². The van der Waals surface area contributed by atoms with Gasteiger partial charge in [-0.3, -0.25) is 4.79 Å². The SMILES string of the molecule is CC(=O)c1ccc(C(=C=C(CC(C)(C)C)c2ccccc2)C2CC2)cc1. The largest absolute Gasteiger partial charge is 0.295 e. The number of ketones is 1. The molecule has 0 heterocycles. The second-order valence-corrected chi connectivity index (χ2v) is 8.53. The molecule has 2 aromatic carbocycles. The standard InChI is InChI=1S/C25H28O/c1-18(26)19-10-12-21(13-11-19)24(22-14-15-22)16-23(17-25(2,3)4)20-8-6-5-7-9-20/h5-13,22H,14-15,17H2,1-4H3. The summed E-state index contributed by atoms with van der Waals surface area (Å²) in [4.78, 5) is 11.6. The van der Waals surface area contributed by atoms with Crippen LogP contribution in [0.1, 0.15) is 68.4 Å². The predicted octanol–water partition coefficient (Wildman–Crippen LogP) is 6.80. The number of carbonyl (C=O) groups is 1. The number of benzene rings is 2. The zero-order valence-corrected chi connectivity index (χ0v) is 16.3. The summed E-state index contributed by atoms with van der Waals surface area (Å²) in [6, 6.07) is 18.6. The normalized spacial score (nSPS) is 13.8. The fourth-order valence-electron chi connectivity index (χ4n) is 3.22. The molecule has 0 radical (unpaired) electrons. The van der Waals surface area contributed by atoms with E-state index >= 15 is 0 Å². The molecule has 1 aliphatic rings. The molecular formula is C25H28O. The molecule has 0 saturated heterocycles. The molecule has 0 N–H and O–H groups in total. The van der Waals surface area contributed by atoms with E-state index in [0.29, 0.717) is 5.92 Å². The van der Waals surface area contributed by atoms with E-state index in [1.807, 2.05) is 12.1 Å².